The highest BCUT2D eigenvalue weighted by Gasteiger charge is 2.17. The van der Waals surface area contributed by atoms with Crippen LogP contribution in [0.2, 0.25) is 0 Å². The van der Waals surface area contributed by atoms with Crippen LogP contribution in [0.4, 0.5) is 34.1 Å². The predicted octanol–water partition coefficient (Wildman–Crippen LogP) is 20.3. The first kappa shape index (κ1) is 47.6. The Balaban J connectivity index is 0.827. The van der Waals surface area contributed by atoms with Crippen molar-refractivity contribution in [1.82, 2.24) is 0 Å². The second kappa shape index (κ2) is 22.8. The Hall–Kier alpha value is -9.76. The lowest BCUT2D eigenvalue weighted by Gasteiger charge is -2.26. The summed E-state index contributed by atoms with van der Waals surface area (Å²) in [6, 6.07) is 104. The summed E-state index contributed by atoms with van der Waals surface area (Å²) in [6.07, 6.45) is 9.35. The molecule has 0 saturated carbocycles. The lowest BCUT2D eigenvalue weighted by atomic mass is 9.94. The Bertz CT molecular complexity index is 3530. The molecule has 0 fully saturated rings. The van der Waals surface area contributed by atoms with Gasteiger partial charge in [0.1, 0.15) is 0 Å². The molecule has 11 aromatic rings. The molecule has 358 valence electrons. The van der Waals surface area contributed by atoms with E-state index in [9.17, 15) is 0 Å². The number of rotatable bonds is 16. The number of nitrogens with zero attached hydrogens (tertiary/aromatic N) is 2. The minimum absolute atomic E-state index is 0.780. The maximum Gasteiger partial charge on any atom is 0.0467 e. The summed E-state index contributed by atoms with van der Waals surface area (Å²) in [5.74, 6) is 0. The van der Waals surface area contributed by atoms with Gasteiger partial charge in [0.05, 0.1) is 0 Å². The Morgan fingerprint density at radius 2 is 0.640 bits per heavy atom. The molecule has 11 aromatic carbocycles. The third kappa shape index (κ3) is 11.2. The van der Waals surface area contributed by atoms with Crippen molar-refractivity contribution in [2.75, 3.05) is 9.80 Å². The summed E-state index contributed by atoms with van der Waals surface area (Å²) in [6.45, 7) is 4.58. The SMILES string of the molecule is C=C(/C=C\C=C/Cc1cccc(N(c2ccc(-c3ccccc3)cc2)c2ccc(-c3ccccc3)cc2)c1)c1ccccc1-c1cccc(N(c2ccc(-c3ccccc3)cc2)c2ccc(-c3ccccc3)cc2)c1. The standard InChI is InChI=1S/C73H56N2/c1-55(21-7-2-8-22-56-23-19-33-70(53-56)74(66-45-37-61(38-46-66)57-24-9-3-10-25-57)67-47-39-62(40-48-67)58-26-11-4-12-27-58)72-35-17-18-36-73(72)65-32-20-34-71(54-65)75(68-49-41-63(42-50-68)59-28-13-5-14-29-59)69-51-43-64(44-52-69)60-30-15-6-16-31-60/h2-21,23-54H,1,22H2/b8-2-,21-7-. The van der Waals surface area contributed by atoms with E-state index >= 15 is 0 Å². The van der Waals surface area contributed by atoms with Crippen LogP contribution in [-0.4, -0.2) is 0 Å². The molecule has 0 spiro atoms. The van der Waals surface area contributed by atoms with E-state index in [-0.39, 0.29) is 0 Å². The summed E-state index contributed by atoms with van der Waals surface area (Å²) in [4.78, 5) is 4.69. The smallest absolute Gasteiger partial charge is 0.0467 e. The monoisotopic (exact) mass is 960 g/mol. The topological polar surface area (TPSA) is 6.48 Å². The molecule has 0 saturated heterocycles. The normalized spacial score (nSPS) is 11.2. The van der Waals surface area contributed by atoms with E-state index < -0.39 is 0 Å². The minimum atomic E-state index is 0.780. The molecule has 0 heterocycles. The molecule has 0 aliphatic rings. The zero-order valence-corrected chi connectivity index (χ0v) is 41.8. The molecule has 2 nitrogen and oxygen atoms in total. The fourth-order valence-corrected chi connectivity index (χ4v) is 9.82. The highest BCUT2D eigenvalue weighted by atomic mass is 15.1. The van der Waals surface area contributed by atoms with E-state index in [1.54, 1.807) is 0 Å². The molecule has 0 unspecified atom stereocenters. The third-order valence-electron chi connectivity index (χ3n) is 13.7. The maximum absolute atomic E-state index is 4.58. The van der Waals surface area contributed by atoms with E-state index in [0.717, 1.165) is 62.8 Å². The molecule has 0 bridgehead atoms. The second-order valence-electron chi connectivity index (χ2n) is 18.6. The van der Waals surface area contributed by atoms with Crippen molar-refractivity contribution in [2.24, 2.45) is 0 Å². The number of anilines is 6. The highest BCUT2D eigenvalue weighted by molar-refractivity contribution is 5.88. The van der Waals surface area contributed by atoms with Gasteiger partial charge in [0, 0.05) is 34.1 Å². The van der Waals surface area contributed by atoms with Gasteiger partial charge in [0.25, 0.3) is 0 Å². The van der Waals surface area contributed by atoms with Crippen LogP contribution in [0.25, 0.3) is 61.2 Å². The molecule has 11 rings (SSSR count). The van der Waals surface area contributed by atoms with Gasteiger partial charge in [-0.3, -0.25) is 0 Å². The second-order valence-corrected chi connectivity index (χ2v) is 18.6. The highest BCUT2D eigenvalue weighted by Crippen LogP contribution is 2.41. The molecule has 0 amide bonds. The van der Waals surface area contributed by atoms with Crippen LogP contribution in [0.15, 0.2) is 322 Å². The minimum Gasteiger partial charge on any atom is -0.310 e. The van der Waals surface area contributed by atoms with Crippen molar-refractivity contribution in [2.45, 2.75) is 6.42 Å². The van der Waals surface area contributed by atoms with Crippen LogP contribution in [0.5, 0.6) is 0 Å². The fourth-order valence-electron chi connectivity index (χ4n) is 9.82. The van der Waals surface area contributed by atoms with E-state index in [1.165, 1.54) is 50.1 Å². The fraction of sp³-hybridized carbons (Fsp3) is 0.0137. The van der Waals surface area contributed by atoms with Crippen LogP contribution in [0.3, 0.4) is 0 Å². The van der Waals surface area contributed by atoms with Crippen molar-refractivity contribution in [1.29, 1.82) is 0 Å². The van der Waals surface area contributed by atoms with E-state index in [4.69, 9.17) is 0 Å². The van der Waals surface area contributed by atoms with Crippen LogP contribution in [-0.2, 0) is 6.42 Å². The Labute approximate surface area is 442 Å². The Kier molecular flexibility index (Phi) is 14.4. The van der Waals surface area contributed by atoms with Crippen molar-refractivity contribution < 1.29 is 0 Å². The van der Waals surface area contributed by atoms with Crippen LogP contribution < -0.4 is 9.80 Å². The van der Waals surface area contributed by atoms with Gasteiger partial charge >= 0.3 is 0 Å². The van der Waals surface area contributed by atoms with Gasteiger partial charge < -0.3 is 9.80 Å². The quantitative estimate of drug-likeness (QED) is 0.0891. The number of benzene rings is 11. The van der Waals surface area contributed by atoms with E-state index in [0.29, 0.717) is 0 Å². The van der Waals surface area contributed by atoms with Gasteiger partial charge in [-0.15, -0.1) is 0 Å². The molecule has 2 heteroatoms. The molecule has 0 aromatic heterocycles. The average Bonchev–Trinajstić information content (AvgIpc) is 3.49. The van der Waals surface area contributed by atoms with Gasteiger partial charge in [0.15, 0.2) is 0 Å². The number of allylic oxidation sites excluding steroid dienone is 5. The van der Waals surface area contributed by atoms with Crippen LogP contribution in [0.1, 0.15) is 11.1 Å². The Morgan fingerprint density at radius 1 is 0.293 bits per heavy atom. The average molecular weight is 961 g/mol. The molecule has 0 atom stereocenters. The molecule has 0 aliphatic carbocycles. The molecule has 0 radical (unpaired) electrons. The van der Waals surface area contributed by atoms with Gasteiger partial charge in [-0.1, -0.05) is 249 Å². The van der Waals surface area contributed by atoms with Crippen molar-refractivity contribution in [3.63, 3.8) is 0 Å². The molecular formula is C73H56N2. The Morgan fingerprint density at radius 3 is 1.07 bits per heavy atom. The third-order valence-corrected chi connectivity index (χ3v) is 13.7. The molecular weight excluding hydrogens is 905 g/mol. The van der Waals surface area contributed by atoms with Crippen molar-refractivity contribution >= 4 is 39.7 Å². The van der Waals surface area contributed by atoms with Crippen LogP contribution >= 0.6 is 0 Å². The van der Waals surface area contributed by atoms with Gasteiger partial charge in [-0.2, -0.15) is 0 Å². The summed E-state index contributed by atoms with van der Waals surface area (Å²) in [5.41, 5.74) is 21.6. The summed E-state index contributed by atoms with van der Waals surface area (Å²) >= 11 is 0. The molecule has 75 heavy (non-hydrogen) atoms. The molecule has 0 aliphatic heterocycles. The van der Waals surface area contributed by atoms with E-state index in [1.807, 2.05) is 0 Å². The zero-order chi connectivity index (χ0) is 50.6. The van der Waals surface area contributed by atoms with Crippen molar-refractivity contribution in [3.05, 3.63) is 333 Å². The summed E-state index contributed by atoms with van der Waals surface area (Å²) in [7, 11) is 0. The lowest BCUT2D eigenvalue weighted by molar-refractivity contribution is 1.23. The van der Waals surface area contributed by atoms with Gasteiger partial charge in [-0.25, -0.2) is 0 Å². The van der Waals surface area contributed by atoms with E-state index in [2.05, 4.69) is 332 Å². The zero-order valence-electron chi connectivity index (χ0n) is 41.8. The largest absolute Gasteiger partial charge is 0.310 e. The molecule has 0 N–H and O–H groups in total. The predicted molar refractivity (Wildman–Crippen MR) is 320 cm³/mol. The first-order chi connectivity index (χ1) is 37.1. The first-order valence-electron chi connectivity index (χ1n) is 25.6. The summed E-state index contributed by atoms with van der Waals surface area (Å²) < 4.78 is 0. The van der Waals surface area contributed by atoms with Crippen molar-refractivity contribution in [3.8, 4) is 55.6 Å². The summed E-state index contributed by atoms with van der Waals surface area (Å²) in [5, 5.41) is 0. The van der Waals surface area contributed by atoms with Crippen LogP contribution in [0, 0.1) is 0 Å². The lowest BCUT2D eigenvalue weighted by Crippen LogP contribution is -2.10. The first-order valence-corrected chi connectivity index (χ1v) is 25.6. The van der Waals surface area contributed by atoms with Gasteiger partial charge in [-0.05, 0) is 152 Å². The number of hydrogen-bond donors (Lipinski definition) is 0. The maximum atomic E-state index is 4.58. The van der Waals surface area contributed by atoms with Gasteiger partial charge in [0.2, 0.25) is 0 Å². The number of hydrogen-bond acceptors (Lipinski definition) is 2.